The van der Waals surface area contributed by atoms with E-state index < -0.39 is 16.6 Å². The Hall–Kier alpha value is -2.15. The van der Waals surface area contributed by atoms with E-state index in [1.165, 1.54) is 6.07 Å². The summed E-state index contributed by atoms with van der Waals surface area (Å²) in [5, 5.41) is 20.0. The summed E-state index contributed by atoms with van der Waals surface area (Å²) in [4.78, 5) is 23.2. The number of phenols is 1. The van der Waals surface area contributed by atoms with Crippen molar-refractivity contribution < 1.29 is 19.6 Å². The molecule has 0 radical (unpaired) electrons. The number of hydrogen-bond donors (Lipinski definition) is 1. The number of aromatic hydroxyl groups is 1. The largest absolute Gasteiger partial charge is 0.507 e. The number of rotatable bonds is 5. The van der Waals surface area contributed by atoms with E-state index >= 15 is 0 Å². The van der Waals surface area contributed by atoms with Gasteiger partial charge in [0.2, 0.25) is 0 Å². The van der Waals surface area contributed by atoms with Crippen molar-refractivity contribution in [3.05, 3.63) is 33.9 Å². The first kappa shape index (κ1) is 13.9. The van der Waals surface area contributed by atoms with Gasteiger partial charge in [-0.3, -0.25) is 10.1 Å². The molecule has 0 aliphatic rings. The first-order valence-electron chi connectivity index (χ1n) is 5.21. The number of carbonyl (C=O) groups excluding carboxylic acids is 1. The van der Waals surface area contributed by atoms with Crippen LogP contribution >= 0.6 is 0 Å². The van der Waals surface area contributed by atoms with Crippen LogP contribution in [-0.4, -0.2) is 48.1 Å². The molecule has 7 nitrogen and oxygen atoms in total. The van der Waals surface area contributed by atoms with Gasteiger partial charge in [-0.15, -0.1) is 0 Å². The molecule has 0 spiro atoms. The Morgan fingerprint density at radius 2 is 2.17 bits per heavy atom. The van der Waals surface area contributed by atoms with Crippen molar-refractivity contribution in [1.29, 1.82) is 0 Å². The summed E-state index contributed by atoms with van der Waals surface area (Å²) in [6.45, 7) is 0.738. The lowest BCUT2D eigenvalue weighted by Gasteiger charge is -2.10. The molecule has 1 aromatic carbocycles. The molecule has 0 bridgehead atoms. The van der Waals surface area contributed by atoms with Crippen LogP contribution in [0.1, 0.15) is 10.4 Å². The molecule has 0 amide bonds. The molecule has 0 atom stereocenters. The van der Waals surface area contributed by atoms with Crippen LogP contribution in [0, 0.1) is 10.1 Å². The number of hydrogen-bond acceptors (Lipinski definition) is 6. The molecule has 0 aliphatic heterocycles. The molecule has 1 N–H and O–H groups in total. The minimum Gasteiger partial charge on any atom is -0.507 e. The van der Waals surface area contributed by atoms with E-state index in [0.29, 0.717) is 6.54 Å². The zero-order valence-corrected chi connectivity index (χ0v) is 10.1. The van der Waals surface area contributed by atoms with Crippen LogP contribution in [0.3, 0.4) is 0 Å². The molecule has 0 fully saturated rings. The normalized spacial score (nSPS) is 10.4. The standard InChI is InChI=1S/C11H14N2O5/c1-12(2)5-6-18-11(15)9-4-3-8(13(16)17)7-10(9)14/h3-4,7,14H,5-6H2,1-2H3. The molecular formula is C11H14N2O5. The zero-order valence-electron chi connectivity index (χ0n) is 10.1. The minimum atomic E-state index is -0.704. The summed E-state index contributed by atoms with van der Waals surface area (Å²) in [6.07, 6.45) is 0. The van der Waals surface area contributed by atoms with Crippen molar-refractivity contribution in [3.8, 4) is 5.75 Å². The van der Waals surface area contributed by atoms with Gasteiger partial charge in [0.25, 0.3) is 5.69 Å². The Morgan fingerprint density at radius 3 is 2.67 bits per heavy atom. The number of benzene rings is 1. The second-order valence-electron chi connectivity index (χ2n) is 3.90. The maximum absolute atomic E-state index is 11.6. The van der Waals surface area contributed by atoms with E-state index in [2.05, 4.69) is 0 Å². The Morgan fingerprint density at radius 1 is 1.50 bits per heavy atom. The highest BCUT2D eigenvalue weighted by Gasteiger charge is 2.16. The van der Waals surface area contributed by atoms with Gasteiger partial charge >= 0.3 is 5.97 Å². The van der Waals surface area contributed by atoms with Gasteiger partial charge in [-0.05, 0) is 20.2 Å². The summed E-state index contributed by atoms with van der Waals surface area (Å²) < 4.78 is 4.91. The number of esters is 1. The van der Waals surface area contributed by atoms with Gasteiger partial charge in [0.05, 0.1) is 11.0 Å². The molecule has 0 aromatic heterocycles. The third-order valence-corrected chi connectivity index (χ3v) is 2.18. The van der Waals surface area contributed by atoms with E-state index in [9.17, 15) is 20.0 Å². The van der Waals surface area contributed by atoms with E-state index in [-0.39, 0.29) is 17.9 Å². The predicted molar refractivity (Wildman–Crippen MR) is 63.6 cm³/mol. The van der Waals surface area contributed by atoms with Crippen molar-refractivity contribution in [2.45, 2.75) is 0 Å². The number of carbonyl (C=O) groups is 1. The predicted octanol–water partition coefficient (Wildman–Crippen LogP) is 1.02. The van der Waals surface area contributed by atoms with Gasteiger partial charge in [0.15, 0.2) is 0 Å². The zero-order chi connectivity index (χ0) is 13.7. The van der Waals surface area contributed by atoms with Gasteiger partial charge in [-0.25, -0.2) is 4.79 Å². The second kappa shape index (κ2) is 5.97. The monoisotopic (exact) mass is 254 g/mol. The minimum absolute atomic E-state index is 0.0839. The van der Waals surface area contributed by atoms with Crippen LogP contribution < -0.4 is 0 Å². The lowest BCUT2D eigenvalue weighted by molar-refractivity contribution is -0.384. The molecule has 7 heteroatoms. The van der Waals surface area contributed by atoms with E-state index in [1.54, 1.807) is 0 Å². The van der Waals surface area contributed by atoms with Gasteiger partial charge in [0, 0.05) is 12.6 Å². The Bertz CT molecular complexity index is 459. The van der Waals surface area contributed by atoms with Crippen LogP contribution in [0.2, 0.25) is 0 Å². The first-order valence-corrected chi connectivity index (χ1v) is 5.21. The van der Waals surface area contributed by atoms with Gasteiger partial charge in [-0.2, -0.15) is 0 Å². The number of likely N-dealkylation sites (N-methyl/N-ethyl adjacent to an activating group) is 1. The van der Waals surface area contributed by atoms with Gasteiger partial charge in [-0.1, -0.05) is 0 Å². The SMILES string of the molecule is CN(C)CCOC(=O)c1ccc([N+](=O)[O-])cc1O. The van der Waals surface area contributed by atoms with E-state index in [4.69, 9.17) is 4.74 Å². The number of nitro groups is 1. The van der Waals surface area contributed by atoms with Crippen LogP contribution in [0.4, 0.5) is 5.69 Å². The molecule has 0 heterocycles. The molecule has 0 saturated heterocycles. The van der Waals surface area contributed by atoms with Crippen molar-refractivity contribution in [3.63, 3.8) is 0 Å². The smallest absolute Gasteiger partial charge is 0.341 e. The summed E-state index contributed by atoms with van der Waals surface area (Å²) in [7, 11) is 3.66. The van der Waals surface area contributed by atoms with Crippen LogP contribution in [-0.2, 0) is 4.74 Å². The van der Waals surface area contributed by atoms with Gasteiger partial charge in [0.1, 0.15) is 17.9 Å². The number of nitrogens with zero attached hydrogens (tertiary/aromatic N) is 2. The molecule has 0 aliphatic carbocycles. The van der Waals surface area contributed by atoms with Crippen molar-refractivity contribution in [1.82, 2.24) is 4.90 Å². The number of ether oxygens (including phenoxy) is 1. The average Bonchev–Trinajstić information content (AvgIpc) is 2.27. The molecule has 0 saturated carbocycles. The quantitative estimate of drug-likeness (QED) is 0.479. The summed E-state index contributed by atoms with van der Waals surface area (Å²) >= 11 is 0. The molecule has 0 unspecified atom stereocenters. The number of phenolic OH excluding ortho intramolecular Hbond substituents is 1. The molecular weight excluding hydrogens is 240 g/mol. The molecule has 1 rings (SSSR count). The maximum Gasteiger partial charge on any atom is 0.341 e. The summed E-state index contributed by atoms with van der Waals surface area (Å²) in [6, 6.07) is 3.23. The third-order valence-electron chi connectivity index (χ3n) is 2.18. The van der Waals surface area contributed by atoms with E-state index in [1.807, 2.05) is 19.0 Å². The first-order chi connectivity index (χ1) is 8.41. The Labute approximate surface area is 104 Å². The highest BCUT2D eigenvalue weighted by molar-refractivity contribution is 5.92. The van der Waals surface area contributed by atoms with Crippen molar-refractivity contribution >= 4 is 11.7 Å². The Balaban J connectivity index is 2.72. The fourth-order valence-electron chi connectivity index (χ4n) is 1.20. The van der Waals surface area contributed by atoms with Crippen molar-refractivity contribution in [2.24, 2.45) is 0 Å². The average molecular weight is 254 g/mol. The van der Waals surface area contributed by atoms with Crippen molar-refractivity contribution in [2.75, 3.05) is 27.2 Å². The maximum atomic E-state index is 11.6. The van der Waals surface area contributed by atoms with Crippen LogP contribution in [0.25, 0.3) is 0 Å². The summed E-state index contributed by atoms with van der Waals surface area (Å²) in [5.41, 5.74) is -0.364. The number of non-ortho nitro benzene ring substituents is 1. The summed E-state index contributed by atoms with van der Waals surface area (Å²) in [5.74, 6) is -1.16. The fourth-order valence-corrected chi connectivity index (χ4v) is 1.20. The van der Waals surface area contributed by atoms with E-state index in [0.717, 1.165) is 12.1 Å². The fraction of sp³-hybridized carbons (Fsp3) is 0.364. The molecule has 18 heavy (non-hydrogen) atoms. The third kappa shape index (κ3) is 3.70. The molecule has 98 valence electrons. The Kier molecular flexibility index (Phi) is 4.61. The highest BCUT2D eigenvalue weighted by Crippen LogP contribution is 2.23. The second-order valence-corrected chi connectivity index (χ2v) is 3.90. The number of nitro benzene ring substituents is 1. The van der Waals surface area contributed by atoms with Crippen LogP contribution in [0.5, 0.6) is 5.75 Å². The lowest BCUT2D eigenvalue weighted by atomic mass is 10.2. The topological polar surface area (TPSA) is 92.9 Å². The lowest BCUT2D eigenvalue weighted by Crippen LogP contribution is -2.20. The van der Waals surface area contributed by atoms with Gasteiger partial charge < -0.3 is 14.7 Å². The van der Waals surface area contributed by atoms with Crippen LogP contribution in [0.15, 0.2) is 18.2 Å². The molecule has 1 aromatic rings. The highest BCUT2D eigenvalue weighted by atomic mass is 16.6.